The van der Waals surface area contributed by atoms with E-state index in [4.69, 9.17) is 29.2 Å². The molecule has 0 unspecified atom stereocenters. The summed E-state index contributed by atoms with van der Waals surface area (Å²) in [7, 11) is 0. The molecule has 3 rings (SSSR count). The highest BCUT2D eigenvalue weighted by Crippen LogP contribution is 2.26. The van der Waals surface area contributed by atoms with Crippen molar-refractivity contribution in [2.75, 3.05) is 84.4 Å². The van der Waals surface area contributed by atoms with Crippen LogP contribution in [-0.4, -0.2) is 113 Å². The largest absolute Gasteiger partial charge is 0.491 e. The number of amides is 2. The number of pyridine rings is 1. The molecule has 16 heteroatoms. The number of nitrogens with one attached hydrogen (secondary N) is 3. The van der Waals surface area contributed by atoms with Crippen LogP contribution in [0.3, 0.4) is 0 Å². The van der Waals surface area contributed by atoms with Gasteiger partial charge in [0, 0.05) is 30.6 Å². The molecule has 0 aliphatic rings. The summed E-state index contributed by atoms with van der Waals surface area (Å²) in [5, 5.41) is 23.3. The van der Waals surface area contributed by atoms with Gasteiger partial charge in [-0.3, -0.25) is 14.4 Å². The minimum atomic E-state index is -1.10. The van der Waals surface area contributed by atoms with Crippen molar-refractivity contribution in [3.8, 4) is 5.75 Å². The molecule has 0 aliphatic heterocycles. The summed E-state index contributed by atoms with van der Waals surface area (Å²) in [5.41, 5.74) is 11.5. The minimum Gasteiger partial charge on any atom is -0.491 e. The number of nitrogens with zero attached hydrogens (tertiary/aromatic N) is 4. The Morgan fingerprint density at radius 3 is 2.24 bits per heavy atom. The SMILES string of the molecule is C=C(/C=C\C(=C/C)c1ccc2cc(OCCOCCOCCOCCOCCN=[N+]=[N-])ccc2c1)[C@H](CC(=O)O)NC(=O)CNC(=O)CCCNc1cc(C)ccn1. The van der Waals surface area contributed by atoms with Gasteiger partial charge in [-0.1, -0.05) is 48.1 Å². The van der Waals surface area contributed by atoms with Crippen LogP contribution in [-0.2, 0) is 33.3 Å². The first-order chi connectivity index (χ1) is 28.2. The molecule has 3 aromatic rings. The van der Waals surface area contributed by atoms with Crippen LogP contribution < -0.4 is 20.7 Å². The van der Waals surface area contributed by atoms with Crippen molar-refractivity contribution < 1.29 is 43.2 Å². The first kappa shape index (κ1) is 46.6. The third kappa shape index (κ3) is 19.4. The lowest BCUT2D eigenvalue weighted by atomic mass is 9.98. The molecule has 312 valence electrons. The fourth-order valence-corrected chi connectivity index (χ4v) is 5.36. The molecule has 1 aromatic heterocycles. The number of azide groups is 1. The zero-order valence-corrected chi connectivity index (χ0v) is 33.3. The van der Waals surface area contributed by atoms with Gasteiger partial charge in [0.15, 0.2) is 0 Å². The fourth-order valence-electron chi connectivity index (χ4n) is 5.36. The second-order valence-electron chi connectivity index (χ2n) is 12.9. The predicted octanol–water partition coefficient (Wildman–Crippen LogP) is 5.78. The first-order valence-corrected chi connectivity index (χ1v) is 19.1. The number of aryl methyl sites for hydroxylation is 1. The molecule has 2 amide bonds. The number of anilines is 1. The summed E-state index contributed by atoms with van der Waals surface area (Å²) in [6.45, 7) is 12.3. The maximum absolute atomic E-state index is 12.7. The van der Waals surface area contributed by atoms with E-state index in [9.17, 15) is 19.5 Å². The Bertz CT molecular complexity index is 1880. The molecule has 2 aromatic carbocycles. The lowest BCUT2D eigenvalue weighted by Gasteiger charge is -2.18. The first-order valence-electron chi connectivity index (χ1n) is 19.1. The number of fused-ring (bicyclic) bond motifs is 1. The van der Waals surface area contributed by atoms with Crippen LogP contribution in [0.4, 0.5) is 5.82 Å². The van der Waals surface area contributed by atoms with E-state index in [1.54, 1.807) is 12.3 Å². The zero-order valence-electron chi connectivity index (χ0n) is 33.3. The summed E-state index contributed by atoms with van der Waals surface area (Å²) < 4.78 is 27.6. The maximum Gasteiger partial charge on any atom is 0.305 e. The van der Waals surface area contributed by atoms with Crippen LogP contribution in [0.15, 0.2) is 90.2 Å². The quantitative estimate of drug-likeness (QED) is 0.0208. The van der Waals surface area contributed by atoms with Crippen LogP contribution in [0.1, 0.15) is 37.3 Å². The van der Waals surface area contributed by atoms with Gasteiger partial charge in [-0.05, 0) is 89.2 Å². The zero-order chi connectivity index (χ0) is 41.8. The molecule has 1 heterocycles. The number of allylic oxidation sites excluding steroid dienone is 3. The molecule has 16 nitrogen and oxygen atoms in total. The smallest absolute Gasteiger partial charge is 0.305 e. The molecule has 0 radical (unpaired) electrons. The summed E-state index contributed by atoms with van der Waals surface area (Å²) in [6, 6.07) is 14.8. The highest BCUT2D eigenvalue weighted by atomic mass is 16.6. The number of ether oxygens (including phenoxy) is 5. The number of hydrogen-bond donors (Lipinski definition) is 4. The van der Waals surface area contributed by atoms with Gasteiger partial charge in [-0.2, -0.15) is 0 Å². The van der Waals surface area contributed by atoms with Crippen molar-refractivity contribution in [1.82, 2.24) is 15.6 Å². The van der Waals surface area contributed by atoms with E-state index >= 15 is 0 Å². The number of carbonyl (C=O) groups is 3. The third-order valence-corrected chi connectivity index (χ3v) is 8.35. The molecule has 0 saturated heterocycles. The van der Waals surface area contributed by atoms with Crippen LogP contribution in [0.5, 0.6) is 5.75 Å². The molecule has 58 heavy (non-hydrogen) atoms. The van der Waals surface area contributed by atoms with E-state index < -0.39 is 17.9 Å². The van der Waals surface area contributed by atoms with Gasteiger partial charge < -0.3 is 44.7 Å². The standard InChI is InChI=1S/C42H55N7O9/c1-4-33(8-7-32(3)38(29-42(52)53)48-41(51)30-46-40(50)6-5-14-44-39-26-31(2)13-15-45-39)34-9-10-36-28-37(12-11-35(36)27-34)58-25-24-57-23-22-56-21-20-55-19-18-54-17-16-47-49-43/h4,7-13,15,26-28,38H,3,5-6,14,16-25,29-30H2,1-2H3,(H,44,45)(H,46,50)(H,48,51)(H,52,53)/b8-7-,33-4+/t38-/m0/s1. The summed E-state index contributed by atoms with van der Waals surface area (Å²) >= 11 is 0. The lowest BCUT2D eigenvalue weighted by Crippen LogP contribution is -2.43. The van der Waals surface area contributed by atoms with Crippen LogP contribution >= 0.6 is 0 Å². The number of carbonyl (C=O) groups excluding carboxylic acids is 2. The van der Waals surface area contributed by atoms with Crippen LogP contribution in [0.25, 0.3) is 26.8 Å². The molecule has 0 saturated carbocycles. The van der Waals surface area contributed by atoms with E-state index in [2.05, 4.69) is 37.5 Å². The average molecular weight is 802 g/mol. The number of rotatable bonds is 30. The predicted molar refractivity (Wildman–Crippen MR) is 223 cm³/mol. The van der Waals surface area contributed by atoms with Crippen LogP contribution in [0, 0.1) is 6.92 Å². The van der Waals surface area contributed by atoms with Gasteiger partial charge in [0.1, 0.15) is 18.2 Å². The van der Waals surface area contributed by atoms with Gasteiger partial charge in [0.2, 0.25) is 11.8 Å². The monoisotopic (exact) mass is 801 g/mol. The molecule has 0 fully saturated rings. The van der Waals surface area contributed by atoms with Gasteiger partial charge in [-0.15, -0.1) is 0 Å². The molecule has 1 atom stereocenters. The highest BCUT2D eigenvalue weighted by Gasteiger charge is 2.18. The Labute approximate surface area is 339 Å². The third-order valence-electron chi connectivity index (χ3n) is 8.35. The van der Waals surface area contributed by atoms with Gasteiger partial charge in [-0.25, -0.2) is 4.98 Å². The number of carboxylic acids is 1. The molecule has 0 bridgehead atoms. The highest BCUT2D eigenvalue weighted by molar-refractivity contribution is 5.89. The molecule has 0 spiro atoms. The Morgan fingerprint density at radius 2 is 1.57 bits per heavy atom. The lowest BCUT2D eigenvalue weighted by molar-refractivity contribution is -0.137. The van der Waals surface area contributed by atoms with Gasteiger partial charge in [0.05, 0.1) is 71.9 Å². The molecular formula is C42H55N7O9. The van der Waals surface area contributed by atoms with Crippen molar-refractivity contribution in [2.24, 2.45) is 5.11 Å². The van der Waals surface area contributed by atoms with Gasteiger partial charge >= 0.3 is 5.97 Å². The number of benzene rings is 2. The van der Waals surface area contributed by atoms with E-state index in [1.807, 2.05) is 74.5 Å². The Balaban J connectivity index is 1.37. The van der Waals surface area contributed by atoms with E-state index in [1.165, 1.54) is 0 Å². The minimum absolute atomic E-state index is 0.213. The summed E-state index contributed by atoms with van der Waals surface area (Å²) in [6.07, 6.45) is 7.56. The topological polar surface area (TPSA) is 215 Å². The van der Waals surface area contributed by atoms with Crippen molar-refractivity contribution in [2.45, 2.75) is 39.2 Å². The van der Waals surface area contributed by atoms with Crippen molar-refractivity contribution >= 4 is 39.9 Å². The summed E-state index contributed by atoms with van der Waals surface area (Å²) in [5.74, 6) is -0.451. The van der Waals surface area contributed by atoms with E-state index in [-0.39, 0.29) is 25.3 Å². The van der Waals surface area contributed by atoms with E-state index in [0.29, 0.717) is 84.5 Å². The molecule has 4 N–H and O–H groups in total. The van der Waals surface area contributed by atoms with Crippen LogP contribution in [0.2, 0.25) is 0 Å². The maximum atomic E-state index is 12.7. The number of aliphatic carboxylic acids is 1. The van der Waals surface area contributed by atoms with E-state index in [0.717, 1.165) is 39.0 Å². The Morgan fingerprint density at radius 1 is 0.897 bits per heavy atom. The molecular weight excluding hydrogens is 747 g/mol. The number of aromatic nitrogens is 1. The van der Waals surface area contributed by atoms with Crippen molar-refractivity contribution in [1.29, 1.82) is 0 Å². The second-order valence-corrected chi connectivity index (χ2v) is 12.9. The van der Waals surface area contributed by atoms with Crippen molar-refractivity contribution in [3.63, 3.8) is 0 Å². The Kier molecular flexibility index (Phi) is 22.3. The normalized spacial score (nSPS) is 11.9. The van der Waals surface area contributed by atoms with Gasteiger partial charge in [0.25, 0.3) is 0 Å². The fraction of sp³-hybridized carbons (Fsp3) is 0.429. The Hall–Kier alpha value is -5.77. The average Bonchev–Trinajstić information content (AvgIpc) is 3.21. The number of hydrogen-bond acceptors (Lipinski definition) is 11. The number of carboxylic acid groups (broad SMARTS) is 1. The summed E-state index contributed by atoms with van der Waals surface area (Å²) in [4.78, 5) is 43.5. The van der Waals surface area contributed by atoms with Crippen molar-refractivity contribution in [3.05, 3.63) is 107 Å². The molecule has 0 aliphatic carbocycles. The second kappa shape index (κ2) is 27.8.